The van der Waals surface area contributed by atoms with E-state index in [4.69, 9.17) is 16.0 Å². The molecule has 1 fully saturated rings. The standard InChI is InChI=1S/C27H29ClN4O3/c1-19(2)32(18-24-29-30-26(35-24)22-10-6-7-11-23(22)28)27(34)21-14-16-31(17-15-21)25(33)13-12-20-8-4-3-5-9-20/h3-13,19,21H,14-18H2,1-2H3/b13-12+. The molecule has 7 nitrogen and oxygen atoms in total. The maximum atomic E-state index is 13.4. The number of likely N-dealkylation sites (tertiary alicyclic amines) is 1. The van der Waals surface area contributed by atoms with Gasteiger partial charge in [0, 0.05) is 31.1 Å². The van der Waals surface area contributed by atoms with E-state index in [0.717, 1.165) is 5.56 Å². The van der Waals surface area contributed by atoms with Gasteiger partial charge in [0.2, 0.25) is 23.6 Å². The third kappa shape index (κ3) is 6.17. The second kappa shape index (κ2) is 11.3. The van der Waals surface area contributed by atoms with E-state index in [1.165, 1.54) is 0 Å². The van der Waals surface area contributed by atoms with Crippen LogP contribution in [0.3, 0.4) is 0 Å². The maximum Gasteiger partial charge on any atom is 0.249 e. The number of carbonyl (C=O) groups is 2. The van der Waals surface area contributed by atoms with Crippen molar-refractivity contribution in [3.8, 4) is 11.5 Å². The van der Waals surface area contributed by atoms with E-state index in [0.29, 0.717) is 48.3 Å². The lowest BCUT2D eigenvalue weighted by Crippen LogP contribution is -2.45. The first kappa shape index (κ1) is 24.7. The number of amides is 2. The van der Waals surface area contributed by atoms with E-state index >= 15 is 0 Å². The molecule has 0 aliphatic carbocycles. The molecule has 0 bridgehead atoms. The smallest absolute Gasteiger partial charge is 0.249 e. The zero-order valence-electron chi connectivity index (χ0n) is 19.9. The molecule has 1 aromatic heterocycles. The number of halogens is 1. The molecule has 0 atom stereocenters. The molecule has 1 saturated heterocycles. The molecule has 3 aromatic rings. The SMILES string of the molecule is CC(C)N(Cc1nnc(-c2ccccc2Cl)o1)C(=O)C1CCN(C(=O)/C=C/c2ccccc2)CC1. The number of piperidine rings is 1. The zero-order chi connectivity index (χ0) is 24.8. The highest BCUT2D eigenvalue weighted by atomic mass is 35.5. The lowest BCUT2D eigenvalue weighted by Gasteiger charge is -2.35. The Morgan fingerprint density at radius 1 is 1.09 bits per heavy atom. The van der Waals surface area contributed by atoms with E-state index in [1.54, 1.807) is 21.9 Å². The number of benzene rings is 2. The molecule has 35 heavy (non-hydrogen) atoms. The summed E-state index contributed by atoms with van der Waals surface area (Å²) in [6, 6.07) is 17.0. The summed E-state index contributed by atoms with van der Waals surface area (Å²) in [7, 11) is 0. The third-order valence-corrected chi connectivity index (χ3v) is 6.49. The van der Waals surface area contributed by atoms with Crippen molar-refractivity contribution in [3.05, 3.63) is 77.2 Å². The molecule has 2 heterocycles. The predicted molar refractivity (Wildman–Crippen MR) is 135 cm³/mol. The van der Waals surface area contributed by atoms with Gasteiger partial charge in [0.1, 0.15) is 0 Å². The minimum Gasteiger partial charge on any atom is -0.419 e. The van der Waals surface area contributed by atoms with Crippen molar-refractivity contribution in [3.63, 3.8) is 0 Å². The average molecular weight is 493 g/mol. The lowest BCUT2D eigenvalue weighted by atomic mass is 9.94. The van der Waals surface area contributed by atoms with Gasteiger partial charge in [-0.2, -0.15) is 0 Å². The first-order valence-electron chi connectivity index (χ1n) is 11.8. The highest BCUT2D eigenvalue weighted by molar-refractivity contribution is 6.33. The number of aromatic nitrogens is 2. The molecule has 0 radical (unpaired) electrons. The summed E-state index contributed by atoms with van der Waals surface area (Å²) in [6.45, 7) is 5.27. The Kier molecular flexibility index (Phi) is 7.98. The highest BCUT2D eigenvalue weighted by Gasteiger charge is 2.31. The zero-order valence-corrected chi connectivity index (χ0v) is 20.7. The summed E-state index contributed by atoms with van der Waals surface area (Å²) in [6.07, 6.45) is 4.68. The molecule has 1 aliphatic rings. The Balaban J connectivity index is 1.35. The van der Waals surface area contributed by atoms with Gasteiger partial charge in [-0.05, 0) is 50.5 Å². The van der Waals surface area contributed by atoms with Gasteiger partial charge in [0.25, 0.3) is 0 Å². The molecule has 0 spiro atoms. The molecule has 4 rings (SSSR count). The largest absolute Gasteiger partial charge is 0.419 e. The summed E-state index contributed by atoms with van der Waals surface area (Å²) in [5, 5.41) is 8.77. The van der Waals surface area contributed by atoms with Crippen molar-refractivity contribution >= 4 is 29.5 Å². The third-order valence-electron chi connectivity index (χ3n) is 6.16. The highest BCUT2D eigenvalue weighted by Crippen LogP contribution is 2.27. The summed E-state index contributed by atoms with van der Waals surface area (Å²) in [5.41, 5.74) is 1.64. The van der Waals surface area contributed by atoms with E-state index in [2.05, 4.69) is 10.2 Å². The van der Waals surface area contributed by atoms with Gasteiger partial charge in [-0.15, -0.1) is 10.2 Å². The van der Waals surface area contributed by atoms with E-state index in [1.807, 2.05) is 68.5 Å². The van der Waals surface area contributed by atoms with Crippen molar-refractivity contribution < 1.29 is 14.0 Å². The Morgan fingerprint density at radius 2 is 1.77 bits per heavy atom. The normalized spacial score (nSPS) is 14.6. The van der Waals surface area contributed by atoms with Crippen molar-refractivity contribution in [2.24, 2.45) is 5.92 Å². The number of nitrogens with zero attached hydrogens (tertiary/aromatic N) is 4. The lowest BCUT2D eigenvalue weighted by molar-refractivity contribution is -0.141. The Bertz CT molecular complexity index is 1180. The average Bonchev–Trinajstić information content (AvgIpc) is 3.35. The fourth-order valence-corrected chi connectivity index (χ4v) is 4.36. The molecule has 1 aliphatic heterocycles. The van der Waals surface area contributed by atoms with Crippen molar-refractivity contribution in [2.75, 3.05) is 13.1 Å². The van der Waals surface area contributed by atoms with Gasteiger partial charge < -0.3 is 14.2 Å². The molecule has 2 amide bonds. The van der Waals surface area contributed by atoms with Gasteiger partial charge in [-0.25, -0.2) is 0 Å². The number of hydrogen-bond acceptors (Lipinski definition) is 5. The van der Waals surface area contributed by atoms with Crippen LogP contribution >= 0.6 is 11.6 Å². The van der Waals surface area contributed by atoms with Crippen LogP contribution in [0.15, 0.2) is 65.1 Å². The van der Waals surface area contributed by atoms with Gasteiger partial charge in [-0.3, -0.25) is 9.59 Å². The van der Waals surface area contributed by atoms with Crippen LogP contribution in [0.1, 0.15) is 38.1 Å². The summed E-state index contributed by atoms with van der Waals surface area (Å²) in [5.74, 6) is 0.561. The minimum atomic E-state index is -0.148. The van der Waals surface area contributed by atoms with Gasteiger partial charge in [-0.1, -0.05) is 54.1 Å². The molecule has 182 valence electrons. The van der Waals surface area contributed by atoms with Crippen LogP contribution in [0.25, 0.3) is 17.5 Å². The van der Waals surface area contributed by atoms with Crippen molar-refractivity contribution in [1.82, 2.24) is 20.0 Å². The summed E-state index contributed by atoms with van der Waals surface area (Å²) >= 11 is 6.24. The predicted octanol–water partition coefficient (Wildman–Crippen LogP) is 5.08. The maximum absolute atomic E-state index is 13.4. The number of rotatable bonds is 7. The van der Waals surface area contributed by atoms with Crippen LogP contribution in [0.5, 0.6) is 0 Å². The second-order valence-corrected chi connectivity index (χ2v) is 9.29. The molecule has 0 saturated carbocycles. The molecular weight excluding hydrogens is 464 g/mol. The Morgan fingerprint density at radius 3 is 2.46 bits per heavy atom. The second-order valence-electron chi connectivity index (χ2n) is 8.88. The number of hydrogen-bond donors (Lipinski definition) is 0. The van der Waals surface area contributed by atoms with Gasteiger partial charge >= 0.3 is 0 Å². The summed E-state index contributed by atoms with van der Waals surface area (Å²) < 4.78 is 5.82. The van der Waals surface area contributed by atoms with Gasteiger partial charge in [0.15, 0.2) is 0 Å². The van der Waals surface area contributed by atoms with Crippen LogP contribution in [-0.4, -0.2) is 50.9 Å². The van der Waals surface area contributed by atoms with Gasteiger partial charge in [0.05, 0.1) is 17.1 Å². The minimum absolute atomic E-state index is 0.0292. The van der Waals surface area contributed by atoms with E-state index in [-0.39, 0.29) is 30.3 Å². The topological polar surface area (TPSA) is 79.5 Å². The van der Waals surface area contributed by atoms with Crippen LogP contribution in [-0.2, 0) is 16.1 Å². The molecule has 2 aromatic carbocycles. The fourth-order valence-electron chi connectivity index (χ4n) is 4.14. The quantitative estimate of drug-likeness (QED) is 0.430. The Labute approximate surface area is 210 Å². The van der Waals surface area contributed by atoms with Crippen LogP contribution in [0, 0.1) is 5.92 Å². The van der Waals surface area contributed by atoms with Crippen LogP contribution in [0.2, 0.25) is 5.02 Å². The first-order valence-corrected chi connectivity index (χ1v) is 12.2. The number of carbonyl (C=O) groups excluding carboxylic acids is 2. The first-order chi connectivity index (χ1) is 16.9. The van der Waals surface area contributed by atoms with Crippen molar-refractivity contribution in [2.45, 2.75) is 39.3 Å². The van der Waals surface area contributed by atoms with E-state index < -0.39 is 0 Å². The monoisotopic (exact) mass is 492 g/mol. The fraction of sp³-hybridized carbons (Fsp3) is 0.333. The molecule has 8 heteroatoms. The molecule has 0 unspecified atom stereocenters. The summed E-state index contributed by atoms with van der Waals surface area (Å²) in [4.78, 5) is 29.5. The molecular formula is C27H29ClN4O3. The van der Waals surface area contributed by atoms with Crippen LogP contribution in [0.4, 0.5) is 0 Å². The van der Waals surface area contributed by atoms with Crippen molar-refractivity contribution in [1.29, 1.82) is 0 Å². The Hall–Kier alpha value is -3.45. The van der Waals surface area contributed by atoms with Crippen LogP contribution < -0.4 is 0 Å². The van der Waals surface area contributed by atoms with E-state index in [9.17, 15) is 9.59 Å². The molecule has 0 N–H and O–H groups in total.